The van der Waals surface area contributed by atoms with Crippen LogP contribution in [0.1, 0.15) is 79.5 Å². The number of hydrogen-bond donors (Lipinski definition) is 1. The van der Waals surface area contributed by atoms with Gasteiger partial charge >= 0.3 is 6.61 Å². The van der Waals surface area contributed by atoms with Crippen molar-refractivity contribution in [3.63, 3.8) is 0 Å². The minimum atomic E-state index is -2.93. The first kappa shape index (κ1) is 24.5. The average molecular weight is 498 g/mol. The Hall–Kier alpha value is -3.23. The molecule has 5 rings (SSSR count). The van der Waals surface area contributed by atoms with E-state index < -0.39 is 12.7 Å². The molecule has 2 saturated carbocycles. The average Bonchev–Trinajstić information content (AvgIpc) is 3.55. The molecule has 1 N–H and O–H groups in total. The van der Waals surface area contributed by atoms with E-state index in [-0.39, 0.29) is 11.8 Å². The SMILES string of the molecule is Cc1cc(C)cc(NC(c2ccc(OC(F)F)c(OCC3CC3)c2)c2nnnn2C2CCCCC2)c1. The van der Waals surface area contributed by atoms with Gasteiger partial charge in [-0.05, 0) is 96.8 Å². The second-order valence-electron chi connectivity index (χ2n) is 10.1. The summed E-state index contributed by atoms with van der Waals surface area (Å²) in [5.74, 6) is 1.50. The maximum absolute atomic E-state index is 13.1. The van der Waals surface area contributed by atoms with Gasteiger partial charge in [-0.15, -0.1) is 5.10 Å². The van der Waals surface area contributed by atoms with Crippen LogP contribution in [-0.4, -0.2) is 33.4 Å². The van der Waals surface area contributed by atoms with E-state index in [0.29, 0.717) is 24.1 Å². The Balaban J connectivity index is 1.54. The smallest absolute Gasteiger partial charge is 0.387 e. The molecule has 9 heteroatoms. The van der Waals surface area contributed by atoms with Crippen LogP contribution in [0.5, 0.6) is 11.5 Å². The Morgan fingerprint density at radius 1 is 0.972 bits per heavy atom. The number of ether oxygens (including phenoxy) is 2. The normalized spacial score (nSPS) is 17.2. The predicted molar refractivity (Wildman–Crippen MR) is 133 cm³/mol. The number of aryl methyl sites for hydroxylation is 2. The van der Waals surface area contributed by atoms with E-state index in [0.717, 1.165) is 60.9 Å². The van der Waals surface area contributed by atoms with Gasteiger partial charge in [0.05, 0.1) is 12.6 Å². The van der Waals surface area contributed by atoms with E-state index in [1.807, 2.05) is 4.68 Å². The second-order valence-corrected chi connectivity index (χ2v) is 10.1. The molecule has 2 aliphatic carbocycles. The number of hydrogen-bond acceptors (Lipinski definition) is 6. The van der Waals surface area contributed by atoms with Gasteiger partial charge < -0.3 is 14.8 Å². The van der Waals surface area contributed by atoms with E-state index in [2.05, 4.69) is 52.9 Å². The molecule has 0 radical (unpaired) electrons. The number of nitrogens with zero attached hydrogens (tertiary/aromatic N) is 4. The Bertz CT molecular complexity index is 1150. The lowest BCUT2D eigenvalue weighted by molar-refractivity contribution is -0.0515. The topological polar surface area (TPSA) is 74.1 Å². The molecule has 0 saturated heterocycles. The third-order valence-electron chi connectivity index (χ3n) is 6.92. The quantitative estimate of drug-likeness (QED) is 0.350. The summed E-state index contributed by atoms with van der Waals surface area (Å²) in [5, 5.41) is 16.5. The molecule has 1 unspecified atom stereocenters. The molecule has 2 aliphatic rings. The van der Waals surface area contributed by atoms with Gasteiger partial charge in [0.1, 0.15) is 6.04 Å². The van der Waals surface area contributed by atoms with Crippen molar-refractivity contribution in [2.24, 2.45) is 5.92 Å². The van der Waals surface area contributed by atoms with Gasteiger partial charge in [0.25, 0.3) is 0 Å². The van der Waals surface area contributed by atoms with E-state index in [4.69, 9.17) is 9.47 Å². The fourth-order valence-corrected chi connectivity index (χ4v) is 5.00. The Labute approximate surface area is 210 Å². The Kier molecular flexibility index (Phi) is 7.34. The van der Waals surface area contributed by atoms with Crippen molar-refractivity contribution in [3.05, 3.63) is 58.9 Å². The molecular formula is C27H33F2N5O2. The van der Waals surface area contributed by atoms with Crippen molar-refractivity contribution in [1.29, 1.82) is 0 Å². The first-order valence-electron chi connectivity index (χ1n) is 12.8. The first-order valence-corrected chi connectivity index (χ1v) is 12.8. The van der Waals surface area contributed by atoms with Crippen molar-refractivity contribution >= 4 is 5.69 Å². The third kappa shape index (κ3) is 5.94. The van der Waals surface area contributed by atoms with Crippen molar-refractivity contribution in [1.82, 2.24) is 20.2 Å². The molecule has 0 spiro atoms. The first-order chi connectivity index (χ1) is 17.5. The van der Waals surface area contributed by atoms with Crippen LogP contribution in [0.15, 0.2) is 36.4 Å². The minimum absolute atomic E-state index is 0.0337. The molecule has 1 heterocycles. The molecule has 36 heavy (non-hydrogen) atoms. The molecule has 0 bridgehead atoms. The minimum Gasteiger partial charge on any atom is -0.489 e. The maximum Gasteiger partial charge on any atom is 0.387 e. The number of tetrazole rings is 1. The zero-order valence-corrected chi connectivity index (χ0v) is 20.8. The summed E-state index contributed by atoms with van der Waals surface area (Å²) >= 11 is 0. The maximum atomic E-state index is 13.1. The number of alkyl halides is 2. The summed E-state index contributed by atoms with van der Waals surface area (Å²) in [6, 6.07) is 11.2. The van der Waals surface area contributed by atoms with E-state index in [1.54, 1.807) is 18.2 Å². The molecular weight excluding hydrogens is 464 g/mol. The van der Waals surface area contributed by atoms with Gasteiger partial charge in [-0.25, -0.2) is 4.68 Å². The highest BCUT2D eigenvalue weighted by atomic mass is 19.3. The number of benzene rings is 2. The van der Waals surface area contributed by atoms with Crippen molar-refractivity contribution in [2.75, 3.05) is 11.9 Å². The third-order valence-corrected chi connectivity index (χ3v) is 6.92. The second kappa shape index (κ2) is 10.8. The van der Waals surface area contributed by atoms with Gasteiger partial charge in [0.2, 0.25) is 0 Å². The molecule has 1 atom stereocenters. The van der Waals surface area contributed by atoms with Crippen LogP contribution >= 0.6 is 0 Å². The lowest BCUT2D eigenvalue weighted by atomic mass is 9.95. The van der Waals surface area contributed by atoms with Crippen LogP contribution in [-0.2, 0) is 0 Å². The van der Waals surface area contributed by atoms with Crippen LogP contribution in [0, 0.1) is 19.8 Å². The van der Waals surface area contributed by atoms with E-state index in [9.17, 15) is 8.78 Å². The number of rotatable bonds is 10. The predicted octanol–water partition coefficient (Wildman–Crippen LogP) is 6.39. The number of halogens is 2. The zero-order valence-electron chi connectivity index (χ0n) is 20.8. The van der Waals surface area contributed by atoms with E-state index in [1.165, 1.54) is 6.42 Å². The largest absolute Gasteiger partial charge is 0.489 e. The lowest BCUT2D eigenvalue weighted by Crippen LogP contribution is -2.23. The summed E-state index contributed by atoms with van der Waals surface area (Å²) < 4.78 is 38.9. The Morgan fingerprint density at radius 3 is 2.42 bits per heavy atom. The van der Waals surface area contributed by atoms with Crippen LogP contribution in [0.4, 0.5) is 14.5 Å². The van der Waals surface area contributed by atoms with Gasteiger partial charge in [-0.2, -0.15) is 8.78 Å². The van der Waals surface area contributed by atoms with Crippen molar-refractivity contribution in [2.45, 2.75) is 77.5 Å². The molecule has 3 aromatic rings. The van der Waals surface area contributed by atoms with E-state index >= 15 is 0 Å². The lowest BCUT2D eigenvalue weighted by Gasteiger charge is -2.26. The van der Waals surface area contributed by atoms with Crippen molar-refractivity contribution in [3.8, 4) is 11.5 Å². The van der Waals surface area contributed by atoms with Gasteiger partial charge in [0, 0.05) is 5.69 Å². The van der Waals surface area contributed by atoms with Gasteiger partial charge in [0.15, 0.2) is 17.3 Å². The monoisotopic (exact) mass is 497 g/mol. The zero-order chi connectivity index (χ0) is 25.1. The number of nitrogens with one attached hydrogen (secondary N) is 1. The molecule has 2 fully saturated rings. The fraction of sp³-hybridized carbons (Fsp3) is 0.519. The Morgan fingerprint density at radius 2 is 1.72 bits per heavy atom. The number of anilines is 1. The molecule has 2 aromatic carbocycles. The van der Waals surface area contributed by atoms with Crippen LogP contribution in [0.25, 0.3) is 0 Å². The molecule has 7 nitrogen and oxygen atoms in total. The molecule has 192 valence electrons. The summed E-state index contributed by atoms with van der Waals surface area (Å²) in [4.78, 5) is 0. The summed E-state index contributed by atoms with van der Waals surface area (Å²) in [6.45, 7) is 1.67. The van der Waals surface area contributed by atoms with Gasteiger partial charge in [-0.3, -0.25) is 0 Å². The molecule has 1 aromatic heterocycles. The van der Waals surface area contributed by atoms with Crippen LogP contribution < -0.4 is 14.8 Å². The standard InChI is InChI=1S/C27H33F2N5O2/c1-17-12-18(2)14-21(13-17)30-25(26-31-32-33-34(26)22-6-4-3-5-7-22)20-10-11-23(36-27(28)29)24(15-20)35-16-19-8-9-19/h10-15,19,22,25,27,30H,3-9,16H2,1-2H3. The highest BCUT2D eigenvalue weighted by Crippen LogP contribution is 2.38. The highest BCUT2D eigenvalue weighted by Gasteiger charge is 2.28. The van der Waals surface area contributed by atoms with Crippen LogP contribution in [0.3, 0.4) is 0 Å². The summed E-state index contributed by atoms with van der Waals surface area (Å²) in [5.41, 5.74) is 4.02. The molecule has 0 aliphatic heterocycles. The number of aromatic nitrogens is 4. The fourth-order valence-electron chi connectivity index (χ4n) is 5.00. The van der Waals surface area contributed by atoms with Gasteiger partial charge in [-0.1, -0.05) is 31.4 Å². The molecule has 0 amide bonds. The van der Waals surface area contributed by atoms with Crippen molar-refractivity contribution < 1.29 is 18.3 Å². The van der Waals surface area contributed by atoms with Crippen LogP contribution in [0.2, 0.25) is 0 Å². The summed E-state index contributed by atoms with van der Waals surface area (Å²) in [6.07, 6.45) is 7.79. The summed E-state index contributed by atoms with van der Waals surface area (Å²) in [7, 11) is 0. The highest BCUT2D eigenvalue weighted by molar-refractivity contribution is 5.53.